The molecule has 1 aromatic carbocycles. The smallest absolute Gasteiger partial charge is 0.337 e. The maximum Gasteiger partial charge on any atom is 0.337 e. The molecule has 0 saturated carbocycles. The van der Waals surface area contributed by atoms with Gasteiger partial charge >= 0.3 is 5.63 Å². The molecule has 3 aromatic rings. The monoisotopic (exact) mass is 348 g/mol. The summed E-state index contributed by atoms with van der Waals surface area (Å²) in [6, 6.07) is 4.35. The van der Waals surface area contributed by atoms with Gasteiger partial charge in [-0.05, 0) is 31.0 Å². The first-order valence-corrected chi connectivity index (χ1v) is 7.58. The maximum atomic E-state index is 13.8. The Morgan fingerprint density at radius 2 is 1.96 bits per heavy atom. The predicted molar refractivity (Wildman–Crippen MR) is 85.7 cm³/mol. The number of halogens is 2. The standard InChI is InChI=1S/C17H14F2N2O4/c1-3-9-7-12(22)25-16-14(9)15(23)20-17(21-16)24-8(2)13-10(18)5-4-6-11(13)19/h4-8H,3H2,1-2H3,(H,20,21,23)/t8-/m1/s1. The van der Waals surface area contributed by atoms with Crippen LogP contribution in [0.2, 0.25) is 0 Å². The van der Waals surface area contributed by atoms with Crippen LogP contribution < -0.4 is 15.9 Å². The summed E-state index contributed by atoms with van der Waals surface area (Å²) in [5.74, 6) is -1.56. The summed E-state index contributed by atoms with van der Waals surface area (Å²) >= 11 is 0. The molecule has 3 rings (SSSR count). The number of rotatable bonds is 4. The van der Waals surface area contributed by atoms with E-state index in [0.717, 1.165) is 12.1 Å². The molecule has 0 aliphatic heterocycles. The quantitative estimate of drug-likeness (QED) is 0.784. The van der Waals surface area contributed by atoms with Crippen molar-refractivity contribution in [1.29, 1.82) is 0 Å². The molecule has 0 fully saturated rings. The molecule has 8 heteroatoms. The van der Waals surface area contributed by atoms with Gasteiger partial charge in [-0.1, -0.05) is 13.0 Å². The Hall–Kier alpha value is -3.03. The van der Waals surface area contributed by atoms with E-state index in [9.17, 15) is 18.4 Å². The van der Waals surface area contributed by atoms with E-state index in [1.165, 1.54) is 19.1 Å². The highest BCUT2D eigenvalue weighted by Crippen LogP contribution is 2.24. The van der Waals surface area contributed by atoms with Gasteiger partial charge in [-0.25, -0.2) is 13.6 Å². The Kier molecular flexibility index (Phi) is 4.35. The predicted octanol–water partition coefficient (Wildman–Crippen LogP) is 2.86. The molecule has 1 atom stereocenters. The first kappa shape index (κ1) is 16.8. The van der Waals surface area contributed by atoms with E-state index in [1.54, 1.807) is 6.92 Å². The molecule has 1 N–H and O–H groups in total. The average molecular weight is 348 g/mol. The van der Waals surface area contributed by atoms with Crippen molar-refractivity contribution < 1.29 is 17.9 Å². The fourth-order valence-corrected chi connectivity index (χ4v) is 2.59. The number of nitrogens with zero attached hydrogens (tertiary/aromatic N) is 1. The van der Waals surface area contributed by atoms with E-state index in [0.29, 0.717) is 12.0 Å². The van der Waals surface area contributed by atoms with Crippen LogP contribution in [0.3, 0.4) is 0 Å². The van der Waals surface area contributed by atoms with Crippen molar-refractivity contribution >= 4 is 11.1 Å². The van der Waals surface area contributed by atoms with Gasteiger partial charge in [0.15, 0.2) is 0 Å². The summed E-state index contributed by atoms with van der Waals surface area (Å²) in [5, 5.41) is 0.138. The van der Waals surface area contributed by atoms with Crippen molar-refractivity contribution in [2.24, 2.45) is 0 Å². The zero-order valence-corrected chi connectivity index (χ0v) is 13.4. The number of hydrogen-bond donors (Lipinski definition) is 1. The van der Waals surface area contributed by atoms with Crippen LogP contribution in [-0.2, 0) is 6.42 Å². The van der Waals surface area contributed by atoms with Crippen molar-refractivity contribution in [3.05, 3.63) is 67.8 Å². The third kappa shape index (κ3) is 3.15. The zero-order chi connectivity index (χ0) is 18.1. The molecular formula is C17H14F2N2O4. The van der Waals surface area contributed by atoms with E-state index < -0.39 is 28.9 Å². The Balaban J connectivity index is 2.06. The minimum Gasteiger partial charge on any atom is -0.457 e. The van der Waals surface area contributed by atoms with Crippen LogP contribution in [0.15, 0.2) is 38.3 Å². The molecule has 0 unspecified atom stereocenters. The molecular weight excluding hydrogens is 334 g/mol. The number of H-pyrrole nitrogens is 1. The highest BCUT2D eigenvalue weighted by Gasteiger charge is 2.20. The van der Waals surface area contributed by atoms with E-state index in [1.807, 2.05) is 0 Å². The molecule has 0 amide bonds. The van der Waals surface area contributed by atoms with E-state index >= 15 is 0 Å². The van der Waals surface area contributed by atoms with Gasteiger partial charge in [-0.2, -0.15) is 4.98 Å². The van der Waals surface area contributed by atoms with Crippen molar-refractivity contribution in [1.82, 2.24) is 9.97 Å². The van der Waals surface area contributed by atoms with Gasteiger partial charge in [0.05, 0.1) is 5.56 Å². The number of nitrogens with one attached hydrogen (secondary N) is 1. The Labute approximate surface area is 140 Å². The number of aromatic nitrogens is 2. The Bertz CT molecular complexity index is 1040. The van der Waals surface area contributed by atoms with E-state index in [2.05, 4.69) is 9.97 Å². The molecule has 130 valence electrons. The van der Waals surface area contributed by atoms with E-state index in [4.69, 9.17) is 9.15 Å². The maximum absolute atomic E-state index is 13.8. The van der Waals surface area contributed by atoms with Gasteiger partial charge in [-0.3, -0.25) is 9.78 Å². The summed E-state index contributed by atoms with van der Waals surface area (Å²) in [6.07, 6.45) is -0.632. The SMILES string of the molecule is CCc1cc(=O)oc2nc(O[C@H](C)c3c(F)cccc3F)[nH]c(=O)c12. The lowest BCUT2D eigenvalue weighted by Gasteiger charge is -2.15. The van der Waals surface area contributed by atoms with Crippen LogP contribution in [0, 0.1) is 11.6 Å². The second-order valence-corrected chi connectivity index (χ2v) is 5.39. The van der Waals surface area contributed by atoms with Crippen molar-refractivity contribution in [2.45, 2.75) is 26.4 Å². The van der Waals surface area contributed by atoms with Gasteiger partial charge in [-0.15, -0.1) is 0 Å². The summed E-state index contributed by atoms with van der Waals surface area (Å²) in [5.41, 5.74) is -1.22. The number of hydrogen-bond acceptors (Lipinski definition) is 5. The fraction of sp³-hybridized carbons (Fsp3) is 0.235. The number of benzene rings is 1. The third-order valence-electron chi connectivity index (χ3n) is 3.75. The molecule has 2 aromatic heterocycles. The molecule has 6 nitrogen and oxygen atoms in total. The lowest BCUT2D eigenvalue weighted by molar-refractivity contribution is 0.197. The minimum atomic E-state index is -1.07. The summed E-state index contributed by atoms with van der Waals surface area (Å²) in [4.78, 5) is 30.1. The van der Waals surface area contributed by atoms with E-state index in [-0.39, 0.29) is 22.7 Å². The van der Waals surface area contributed by atoms with Crippen molar-refractivity contribution in [3.63, 3.8) is 0 Å². The summed E-state index contributed by atoms with van der Waals surface area (Å²) in [7, 11) is 0. The molecule has 0 spiro atoms. The number of aromatic amines is 1. The number of ether oxygens (including phenoxy) is 1. The highest BCUT2D eigenvalue weighted by atomic mass is 19.1. The third-order valence-corrected chi connectivity index (χ3v) is 3.75. The minimum absolute atomic E-state index is 0.138. The lowest BCUT2D eigenvalue weighted by atomic mass is 10.1. The zero-order valence-electron chi connectivity index (χ0n) is 13.4. The molecule has 0 aliphatic carbocycles. The molecule has 0 bridgehead atoms. The van der Waals surface area contributed by atoms with Gasteiger partial charge in [0.2, 0.25) is 5.71 Å². The van der Waals surface area contributed by atoms with Crippen LogP contribution in [0.25, 0.3) is 11.1 Å². The molecule has 25 heavy (non-hydrogen) atoms. The van der Waals surface area contributed by atoms with Crippen LogP contribution >= 0.6 is 0 Å². The highest BCUT2D eigenvalue weighted by molar-refractivity contribution is 5.75. The van der Waals surface area contributed by atoms with Crippen LogP contribution in [0.1, 0.15) is 31.1 Å². The first-order valence-electron chi connectivity index (χ1n) is 7.58. The second kappa shape index (κ2) is 6.46. The fourth-order valence-electron chi connectivity index (χ4n) is 2.59. The average Bonchev–Trinajstić information content (AvgIpc) is 2.53. The first-order chi connectivity index (χ1) is 11.9. The normalized spacial score (nSPS) is 12.3. The van der Waals surface area contributed by atoms with Crippen molar-refractivity contribution in [3.8, 4) is 6.01 Å². The van der Waals surface area contributed by atoms with Gasteiger partial charge in [0.25, 0.3) is 11.6 Å². The summed E-state index contributed by atoms with van der Waals surface area (Å²) < 4.78 is 37.9. The van der Waals surface area contributed by atoms with Crippen LogP contribution in [-0.4, -0.2) is 9.97 Å². The molecule has 2 heterocycles. The Morgan fingerprint density at radius 3 is 2.60 bits per heavy atom. The van der Waals surface area contributed by atoms with Crippen LogP contribution in [0.5, 0.6) is 6.01 Å². The molecule has 0 saturated heterocycles. The molecule has 0 radical (unpaired) electrons. The lowest BCUT2D eigenvalue weighted by Crippen LogP contribution is -2.17. The van der Waals surface area contributed by atoms with Crippen LogP contribution in [0.4, 0.5) is 8.78 Å². The Morgan fingerprint density at radius 1 is 1.28 bits per heavy atom. The van der Waals surface area contributed by atoms with Crippen molar-refractivity contribution in [2.75, 3.05) is 0 Å². The number of aryl methyl sites for hydroxylation is 1. The summed E-state index contributed by atoms with van der Waals surface area (Å²) in [6.45, 7) is 3.19. The largest absolute Gasteiger partial charge is 0.457 e. The number of fused-ring (bicyclic) bond motifs is 1. The van der Waals surface area contributed by atoms with Gasteiger partial charge in [0.1, 0.15) is 23.1 Å². The molecule has 0 aliphatic rings. The second-order valence-electron chi connectivity index (χ2n) is 5.39. The van der Waals surface area contributed by atoms with Gasteiger partial charge < -0.3 is 9.15 Å². The topological polar surface area (TPSA) is 85.2 Å². The van der Waals surface area contributed by atoms with Gasteiger partial charge in [0, 0.05) is 6.07 Å².